The van der Waals surface area contributed by atoms with Gasteiger partial charge in [0.15, 0.2) is 0 Å². The predicted molar refractivity (Wildman–Crippen MR) is 66.5 cm³/mol. The highest BCUT2D eigenvalue weighted by Crippen LogP contribution is 2.22. The smallest absolute Gasteiger partial charge is 0.329 e. The van der Waals surface area contributed by atoms with Crippen molar-refractivity contribution >= 4 is 12.1 Å². The molecule has 0 saturated heterocycles. The third-order valence-corrected chi connectivity index (χ3v) is 3.45. The summed E-state index contributed by atoms with van der Waals surface area (Å²) in [6.07, 6.45) is 4.76. The van der Waals surface area contributed by atoms with Crippen molar-refractivity contribution in [1.29, 1.82) is 0 Å². The molecule has 1 fully saturated rings. The minimum absolute atomic E-state index is 0.105. The highest BCUT2D eigenvalue weighted by molar-refractivity contribution is 5.72. The van der Waals surface area contributed by atoms with Gasteiger partial charge in [0, 0.05) is 12.1 Å². The van der Waals surface area contributed by atoms with Crippen molar-refractivity contribution in [2.24, 2.45) is 23.2 Å². The van der Waals surface area contributed by atoms with Gasteiger partial charge in [0.1, 0.15) is 0 Å². The molecule has 0 bridgehead atoms. The van der Waals surface area contributed by atoms with Crippen molar-refractivity contribution in [2.75, 3.05) is 0 Å². The van der Waals surface area contributed by atoms with Gasteiger partial charge in [-0.2, -0.15) is 0 Å². The van der Waals surface area contributed by atoms with E-state index in [0.717, 1.165) is 35.7 Å². The standard InChI is InChI=1S/C10H22N6O2/c11-9(17)15(13)7-3-1-2-4-8(6-5-7)16(14)10(12)18/h7-8H,1-6,13-14H2,(H2,11,17)(H2,12,18). The Hall–Kier alpha value is -1.54. The second kappa shape index (κ2) is 6.41. The van der Waals surface area contributed by atoms with Gasteiger partial charge < -0.3 is 11.5 Å². The molecular weight excluding hydrogens is 236 g/mol. The third kappa shape index (κ3) is 3.74. The fourth-order valence-electron chi connectivity index (χ4n) is 2.35. The summed E-state index contributed by atoms with van der Waals surface area (Å²) < 4.78 is 0. The molecule has 0 aliphatic heterocycles. The minimum atomic E-state index is -0.642. The first kappa shape index (κ1) is 14.5. The Morgan fingerprint density at radius 1 is 0.778 bits per heavy atom. The van der Waals surface area contributed by atoms with Crippen LogP contribution in [0.15, 0.2) is 0 Å². The maximum Gasteiger partial charge on any atom is 0.329 e. The number of urea groups is 2. The molecule has 0 heterocycles. The number of hydrogen-bond acceptors (Lipinski definition) is 4. The van der Waals surface area contributed by atoms with E-state index in [4.69, 9.17) is 23.2 Å². The molecule has 0 spiro atoms. The highest BCUT2D eigenvalue weighted by Gasteiger charge is 2.25. The Kier molecular flexibility index (Phi) is 5.17. The maximum atomic E-state index is 11.0. The SMILES string of the molecule is NC(=O)N(N)C1CCCCC(N(N)C(N)=O)CC1. The quantitative estimate of drug-likeness (QED) is 0.303. The van der Waals surface area contributed by atoms with Gasteiger partial charge in [-0.1, -0.05) is 12.8 Å². The molecule has 4 amide bonds. The van der Waals surface area contributed by atoms with Gasteiger partial charge in [-0.05, 0) is 25.7 Å². The van der Waals surface area contributed by atoms with Gasteiger partial charge in [-0.25, -0.2) is 21.3 Å². The van der Waals surface area contributed by atoms with Crippen LogP contribution in [-0.2, 0) is 0 Å². The molecule has 8 N–H and O–H groups in total. The molecule has 0 radical (unpaired) electrons. The maximum absolute atomic E-state index is 11.0. The fourth-order valence-corrected chi connectivity index (χ4v) is 2.35. The summed E-state index contributed by atoms with van der Waals surface area (Å²) >= 11 is 0. The number of primary amides is 2. The van der Waals surface area contributed by atoms with Crippen molar-refractivity contribution in [3.63, 3.8) is 0 Å². The monoisotopic (exact) mass is 258 g/mol. The molecule has 18 heavy (non-hydrogen) atoms. The molecule has 0 aromatic rings. The largest absolute Gasteiger partial charge is 0.350 e. The highest BCUT2D eigenvalue weighted by atomic mass is 16.2. The van der Waals surface area contributed by atoms with Crippen LogP contribution in [0, 0.1) is 0 Å². The lowest BCUT2D eigenvalue weighted by molar-refractivity contribution is 0.142. The zero-order valence-corrected chi connectivity index (χ0v) is 10.4. The van der Waals surface area contributed by atoms with Crippen LogP contribution in [0.4, 0.5) is 9.59 Å². The van der Waals surface area contributed by atoms with E-state index in [9.17, 15) is 9.59 Å². The average molecular weight is 258 g/mol. The Morgan fingerprint density at radius 2 is 1.11 bits per heavy atom. The van der Waals surface area contributed by atoms with E-state index in [1.54, 1.807) is 0 Å². The number of hydrogen-bond donors (Lipinski definition) is 4. The Morgan fingerprint density at radius 3 is 1.39 bits per heavy atom. The number of rotatable bonds is 2. The summed E-state index contributed by atoms with van der Waals surface area (Å²) in [6, 6.07) is -1.49. The molecule has 1 rings (SSSR count). The second-order valence-electron chi connectivity index (χ2n) is 4.66. The zero-order chi connectivity index (χ0) is 13.7. The van der Waals surface area contributed by atoms with Crippen LogP contribution in [0.3, 0.4) is 0 Å². The van der Waals surface area contributed by atoms with E-state index in [0.29, 0.717) is 12.8 Å². The van der Waals surface area contributed by atoms with E-state index in [1.807, 2.05) is 0 Å². The molecule has 2 atom stereocenters. The summed E-state index contributed by atoms with van der Waals surface area (Å²) in [6.45, 7) is 0. The number of nitrogens with zero attached hydrogens (tertiary/aromatic N) is 2. The van der Waals surface area contributed by atoms with Crippen molar-refractivity contribution in [1.82, 2.24) is 10.0 Å². The van der Waals surface area contributed by atoms with Gasteiger partial charge in [-0.15, -0.1) is 0 Å². The molecular formula is C10H22N6O2. The van der Waals surface area contributed by atoms with Crippen LogP contribution < -0.4 is 23.2 Å². The van der Waals surface area contributed by atoms with Gasteiger partial charge in [0.25, 0.3) is 0 Å². The number of nitrogens with two attached hydrogens (primary N) is 4. The van der Waals surface area contributed by atoms with Crippen LogP contribution in [0.2, 0.25) is 0 Å². The minimum Gasteiger partial charge on any atom is -0.350 e. The van der Waals surface area contributed by atoms with Crippen LogP contribution >= 0.6 is 0 Å². The lowest BCUT2D eigenvalue weighted by atomic mass is 9.93. The first-order chi connectivity index (χ1) is 8.43. The first-order valence-corrected chi connectivity index (χ1v) is 6.10. The molecule has 104 valence electrons. The number of hydrazine groups is 2. The van der Waals surface area contributed by atoms with Gasteiger partial charge in [-0.3, -0.25) is 10.0 Å². The van der Waals surface area contributed by atoms with Crippen LogP contribution in [0.25, 0.3) is 0 Å². The van der Waals surface area contributed by atoms with Crippen molar-refractivity contribution in [2.45, 2.75) is 50.6 Å². The van der Waals surface area contributed by atoms with E-state index in [1.165, 1.54) is 0 Å². The van der Waals surface area contributed by atoms with Gasteiger partial charge >= 0.3 is 12.1 Å². The van der Waals surface area contributed by atoms with E-state index >= 15 is 0 Å². The van der Waals surface area contributed by atoms with Crippen LogP contribution in [0.5, 0.6) is 0 Å². The molecule has 8 heteroatoms. The average Bonchev–Trinajstić information content (AvgIpc) is 2.27. The second-order valence-corrected chi connectivity index (χ2v) is 4.66. The summed E-state index contributed by atoms with van der Waals surface area (Å²) in [5, 5.41) is 2.13. The molecule has 2 unspecified atom stereocenters. The number of amides is 4. The number of carbonyl (C=O) groups is 2. The van der Waals surface area contributed by atoms with Crippen molar-refractivity contribution < 1.29 is 9.59 Å². The topological polar surface area (TPSA) is 145 Å². The molecule has 1 aliphatic rings. The predicted octanol–water partition coefficient (Wildman–Crippen LogP) is -0.413. The van der Waals surface area contributed by atoms with Crippen molar-refractivity contribution in [3.05, 3.63) is 0 Å². The lowest BCUT2D eigenvalue weighted by Crippen LogP contribution is -2.52. The lowest BCUT2D eigenvalue weighted by Gasteiger charge is -2.32. The van der Waals surface area contributed by atoms with Crippen LogP contribution in [-0.4, -0.2) is 34.2 Å². The summed E-state index contributed by atoms with van der Waals surface area (Å²) in [7, 11) is 0. The molecule has 0 aromatic carbocycles. The Labute approximate surface area is 106 Å². The summed E-state index contributed by atoms with van der Waals surface area (Å²) in [4.78, 5) is 22.1. The molecule has 1 aliphatic carbocycles. The normalized spacial score (nSPS) is 24.8. The van der Waals surface area contributed by atoms with Gasteiger partial charge in [0.05, 0.1) is 0 Å². The summed E-state index contributed by atoms with van der Waals surface area (Å²) in [5.41, 5.74) is 10.3. The van der Waals surface area contributed by atoms with Crippen LogP contribution in [0.1, 0.15) is 38.5 Å². The Balaban J connectivity index is 2.60. The van der Waals surface area contributed by atoms with E-state index in [-0.39, 0.29) is 12.1 Å². The van der Waals surface area contributed by atoms with E-state index < -0.39 is 12.1 Å². The molecule has 8 nitrogen and oxygen atoms in total. The summed E-state index contributed by atoms with van der Waals surface area (Å²) in [5.74, 6) is 11.2. The zero-order valence-electron chi connectivity index (χ0n) is 10.4. The van der Waals surface area contributed by atoms with E-state index in [2.05, 4.69) is 0 Å². The first-order valence-electron chi connectivity index (χ1n) is 6.10. The molecule has 1 saturated carbocycles. The van der Waals surface area contributed by atoms with Crippen molar-refractivity contribution in [3.8, 4) is 0 Å². The Bertz CT molecular complexity index is 281. The number of carbonyl (C=O) groups excluding carboxylic acids is 2. The fraction of sp³-hybridized carbons (Fsp3) is 0.800. The van der Waals surface area contributed by atoms with Gasteiger partial charge in [0.2, 0.25) is 0 Å². The molecule has 0 aromatic heterocycles. The third-order valence-electron chi connectivity index (χ3n) is 3.45.